The highest BCUT2D eigenvalue weighted by Crippen LogP contribution is 2.24. The van der Waals surface area contributed by atoms with E-state index in [9.17, 15) is 9.90 Å². The van der Waals surface area contributed by atoms with Crippen molar-refractivity contribution in [3.8, 4) is 0 Å². The van der Waals surface area contributed by atoms with Crippen LogP contribution in [0.2, 0.25) is 0 Å². The van der Waals surface area contributed by atoms with Crippen molar-refractivity contribution in [1.29, 1.82) is 0 Å². The molecular weight excluding hydrogens is 280 g/mol. The highest BCUT2D eigenvalue weighted by Gasteiger charge is 2.25. The van der Waals surface area contributed by atoms with Crippen LogP contribution in [0.1, 0.15) is 17.2 Å². The Balaban J connectivity index is 3.00. The van der Waals surface area contributed by atoms with Gasteiger partial charge in [0, 0.05) is 4.47 Å². The standard InChI is InChI=1S/C10H11BrO5/c11-7-2-1-5(3-6(7)4-12)8(13)9(14)10(15)16/h1-3,8-9,12-14H,4H2,(H,15,16). The van der Waals surface area contributed by atoms with Crippen molar-refractivity contribution in [2.45, 2.75) is 18.8 Å². The molecule has 0 amide bonds. The summed E-state index contributed by atoms with van der Waals surface area (Å²) < 4.78 is 0.649. The molecule has 0 radical (unpaired) electrons. The number of aliphatic hydroxyl groups is 3. The maximum atomic E-state index is 10.5. The summed E-state index contributed by atoms with van der Waals surface area (Å²) in [6.45, 7) is -0.246. The van der Waals surface area contributed by atoms with Crippen molar-refractivity contribution in [3.63, 3.8) is 0 Å². The summed E-state index contributed by atoms with van der Waals surface area (Å²) in [5, 5.41) is 36.2. The van der Waals surface area contributed by atoms with E-state index in [1.54, 1.807) is 6.07 Å². The normalized spacial score (nSPS) is 14.5. The lowest BCUT2D eigenvalue weighted by Gasteiger charge is -2.15. The zero-order chi connectivity index (χ0) is 12.3. The van der Waals surface area contributed by atoms with Crippen LogP contribution in [0.15, 0.2) is 22.7 Å². The molecule has 4 N–H and O–H groups in total. The molecule has 0 heterocycles. The van der Waals surface area contributed by atoms with Gasteiger partial charge in [-0.05, 0) is 23.3 Å². The van der Waals surface area contributed by atoms with E-state index in [1.165, 1.54) is 12.1 Å². The summed E-state index contributed by atoms with van der Waals surface area (Å²) in [5.41, 5.74) is 0.747. The Hall–Kier alpha value is -0.950. The van der Waals surface area contributed by atoms with Gasteiger partial charge in [0.1, 0.15) is 6.10 Å². The number of halogens is 1. The van der Waals surface area contributed by atoms with Gasteiger partial charge in [-0.1, -0.05) is 22.0 Å². The zero-order valence-corrected chi connectivity index (χ0v) is 9.75. The van der Waals surface area contributed by atoms with E-state index in [4.69, 9.17) is 15.3 Å². The number of carboxylic acids is 1. The first-order valence-electron chi connectivity index (χ1n) is 4.45. The predicted octanol–water partition coefficient (Wildman–Crippen LogP) is 0.420. The third-order valence-corrected chi connectivity index (χ3v) is 2.91. The number of hydrogen-bond acceptors (Lipinski definition) is 4. The molecule has 0 saturated carbocycles. The van der Waals surface area contributed by atoms with Crippen molar-refractivity contribution in [2.75, 3.05) is 0 Å². The summed E-state index contributed by atoms with van der Waals surface area (Å²) in [6, 6.07) is 4.47. The van der Waals surface area contributed by atoms with Crippen LogP contribution >= 0.6 is 15.9 Å². The molecule has 0 saturated heterocycles. The number of aliphatic carboxylic acids is 1. The third kappa shape index (κ3) is 2.79. The fourth-order valence-electron chi connectivity index (χ4n) is 1.22. The van der Waals surface area contributed by atoms with Crippen molar-refractivity contribution in [1.82, 2.24) is 0 Å². The molecule has 6 heteroatoms. The minimum absolute atomic E-state index is 0.238. The number of benzene rings is 1. The summed E-state index contributed by atoms with van der Waals surface area (Å²) in [5.74, 6) is -1.50. The molecule has 1 aromatic rings. The van der Waals surface area contributed by atoms with E-state index in [0.29, 0.717) is 10.0 Å². The van der Waals surface area contributed by atoms with Gasteiger partial charge in [-0.2, -0.15) is 0 Å². The van der Waals surface area contributed by atoms with Crippen molar-refractivity contribution in [2.24, 2.45) is 0 Å². The lowest BCUT2D eigenvalue weighted by molar-refractivity contribution is -0.153. The summed E-state index contributed by atoms with van der Waals surface area (Å²) in [6.07, 6.45) is -3.40. The van der Waals surface area contributed by atoms with E-state index in [0.717, 1.165) is 0 Å². The van der Waals surface area contributed by atoms with Gasteiger partial charge in [-0.3, -0.25) is 0 Å². The quantitative estimate of drug-likeness (QED) is 0.644. The molecule has 2 atom stereocenters. The van der Waals surface area contributed by atoms with Crippen LogP contribution in [0.4, 0.5) is 0 Å². The van der Waals surface area contributed by atoms with Crippen LogP contribution in [-0.4, -0.2) is 32.5 Å². The van der Waals surface area contributed by atoms with Gasteiger partial charge in [-0.15, -0.1) is 0 Å². The first-order valence-corrected chi connectivity index (χ1v) is 5.24. The van der Waals surface area contributed by atoms with E-state index in [-0.39, 0.29) is 12.2 Å². The lowest BCUT2D eigenvalue weighted by atomic mass is 10.0. The maximum Gasteiger partial charge on any atom is 0.335 e. The SMILES string of the molecule is O=C(O)C(O)C(O)c1ccc(Br)c(CO)c1. The smallest absolute Gasteiger partial charge is 0.335 e. The molecule has 0 bridgehead atoms. The molecule has 0 fully saturated rings. The van der Waals surface area contributed by atoms with E-state index >= 15 is 0 Å². The van der Waals surface area contributed by atoms with Crippen LogP contribution in [0.25, 0.3) is 0 Å². The number of carbonyl (C=O) groups is 1. The topological polar surface area (TPSA) is 98.0 Å². The highest BCUT2D eigenvalue weighted by atomic mass is 79.9. The Morgan fingerprint density at radius 3 is 2.50 bits per heavy atom. The van der Waals surface area contributed by atoms with Crippen molar-refractivity contribution in [3.05, 3.63) is 33.8 Å². The fraction of sp³-hybridized carbons (Fsp3) is 0.300. The third-order valence-electron chi connectivity index (χ3n) is 2.13. The number of rotatable bonds is 4. The molecule has 5 nitrogen and oxygen atoms in total. The minimum Gasteiger partial charge on any atom is -0.479 e. The first-order chi connectivity index (χ1) is 7.47. The Kier molecular flexibility index (Phi) is 4.43. The van der Waals surface area contributed by atoms with Crippen LogP contribution in [0.3, 0.4) is 0 Å². The van der Waals surface area contributed by atoms with Crippen molar-refractivity contribution >= 4 is 21.9 Å². The zero-order valence-electron chi connectivity index (χ0n) is 8.17. The van der Waals surface area contributed by atoms with E-state index in [1.807, 2.05) is 0 Å². The van der Waals surface area contributed by atoms with Crippen LogP contribution in [0, 0.1) is 0 Å². The van der Waals surface area contributed by atoms with E-state index in [2.05, 4.69) is 15.9 Å². The molecular formula is C10H11BrO5. The molecule has 1 rings (SSSR count). The van der Waals surface area contributed by atoms with Gasteiger partial charge < -0.3 is 20.4 Å². The Morgan fingerprint density at radius 2 is 2.00 bits per heavy atom. The molecule has 0 aliphatic carbocycles. The Bertz CT molecular complexity index is 393. The van der Waals surface area contributed by atoms with Gasteiger partial charge in [0.15, 0.2) is 6.10 Å². The number of aliphatic hydroxyl groups excluding tert-OH is 3. The van der Waals surface area contributed by atoms with Crippen LogP contribution in [-0.2, 0) is 11.4 Å². The number of hydrogen-bond donors (Lipinski definition) is 4. The predicted molar refractivity (Wildman–Crippen MR) is 58.7 cm³/mol. The molecule has 0 spiro atoms. The molecule has 0 aliphatic rings. The second-order valence-electron chi connectivity index (χ2n) is 3.24. The maximum absolute atomic E-state index is 10.5. The Morgan fingerprint density at radius 1 is 1.38 bits per heavy atom. The van der Waals surface area contributed by atoms with Gasteiger partial charge in [-0.25, -0.2) is 4.79 Å². The molecule has 88 valence electrons. The molecule has 1 aromatic carbocycles. The van der Waals surface area contributed by atoms with Crippen LogP contribution < -0.4 is 0 Å². The van der Waals surface area contributed by atoms with Crippen molar-refractivity contribution < 1.29 is 25.2 Å². The number of carboxylic acid groups (broad SMARTS) is 1. The average molecular weight is 291 g/mol. The molecule has 0 aliphatic heterocycles. The van der Waals surface area contributed by atoms with Gasteiger partial charge in [0.05, 0.1) is 6.61 Å². The first kappa shape index (κ1) is 13.1. The van der Waals surface area contributed by atoms with E-state index < -0.39 is 18.2 Å². The monoisotopic (exact) mass is 290 g/mol. The molecule has 0 aromatic heterocycles. The van der Waals surface area contributed by atoms with Gasteiger partial charge >= 0.3 is 5.97 Å². The van der Waals surface area contributed by atoms with Gasteiger partial charge in [0.25, 0.3) is 0 Å². The molecule has 16 heavy (non-hydrogen) atoms. The molecule has 2 unspecified atom stereocenters. The lowest BCUT2D eigenvalue weighted by Crippen LogP contribution is -2.27. The Labute approximate surface area is 100 Å². The second-order valence-corrected chi connectivity index (χ2v) is 4.09. The highest BCUT2D eigenvalue weighted by molar-refractivity contribution is 9.10. The fourth-order valence-corrected chi connectivity index (χ4v) is 1.59. The summed E-state index contributed by atoms with van der Waals surface area (Å²) in [7, 11) is 0. The van der Waals surface area contributed by atoms with Gasteiger partial charge in [0.2, 0.25) is 0 Å². The minimum atomic E-state index is -1.88. The summed E-state index contributed by atoms with van der Waals surface area (Å²) >= 11 is 3.19. The largest absolute Gasteiger partial charge is 0.479 e. The summed E-state index contributed by atoms with van der Waals surface area (Å²) in [4.78, 5) is 10.5. The average Bonchev–Trinajstić information content (AvgIpc) is 2.27. The second kappa shape index (κ2) is 5.40. The van der Waals surface area contributed by atoms with Crippen LogP contribution in [0.5, 0.6) is 0 Å².